The van der Waals surface area contributed by atoms with E-state index in [1.807, 2.05) is 12.4 Å². The summed E-state index contributed by atoms with van der Waals surface area (Å²) < 4.78 is 5.96. The van der Waals surface area contributed by atoms with Crippen molar-refractivity contribution in [1.82, 2.24) is 14.9 Å². The van der Waals surface area contributed by atoms with Crippen LogP contribution in [0.2, 0.25) is 0 Å². The van der Waals surface area contributed by atoms with Crippen LogP contribution in [0.25, 0.3) is 0 Å². The molecule has 1 aliphatic rings. The smallest absolute Gasteiger partial charge is 0.112 e. The van der Waals surface area contributed by atoms with Crippen LogP contribution in [-0.2, 0) is 11.3 Å². The Hall–Kier alpha value is -1.50. The molecule has 118 valence electrons. The van der Waals surface area contributed by atoms with Gasteiger partial charge in [0.1, 0.15) is 6.10 Å². The lowest BCUT2D eigenvalue weighted by Crippen LogP contribution is -2.38. The molecule has 22 heavy (non-hydrogen) atoms. The third kappa shape index (κ3) is 3.63. The van der Waals surface area contributed by atoms with Gasteiger partial charge in [-0.1, -0.05) is 0 Å². The molecule has 1 saturated heterocycles. The third-order valence-electron chi connectivity index (χ3n) is 3.82. The van der Waals surface area contributed by atoms with Gasteiger partial charge in [-0.25, -0.2) is 4.98 Å². The van der Waals surface area contributed by atoms with E-state index >= 15 is 0 Å². The lowest BCUT2D eigenvalue weighted by atomic mass is 10.1. The van der Waals surface area contributed by atoms with Gasteiger partial charge in [0.05, 0.1) is 23.5 Å². The Bertz CT molecular complexity index is 615. The molecule has 3 heterocycles. The zero-order chi connectivity index (χ0) is 15.5. The first-order chi connectivity index (χ1) is 10.6. The highest BCUT2D eigenvalue weighted by molar-refractivity contribution is 7.07. The highest BCUT2D eigenvalue weighted by Gasteiger charge is 2.24. The van der Waals surface area contributed by atoms with Gasteiger partial charge in [-0.3, -0.25) is 9.88 Å². The first-order valence-electron chi connectivity index (χ1n) is 7.49. The maximum Gasteiger partial charge on any atom is 0.112 e. The summed E-state index contributed by atoms with van der Waals surface area (Å²) in [5.41, 5.74) is 6.24. The Morgan fingerprint density at radius 3 is 3.00 bits per heavy atom. The Morgan fingerprint density at radius 2 is 2.27 bits per heavy atom. The number of anilines is 1. The van der Waals surface area contributed by atoms with E-state index < -0.39 is 0 Å². The van der Waals surface area contributed by atoms with E-state index in [9.17, 15) is 0 Å². The van der Waals surface area contributed by atoms with Crippen LogP contribution < -0.4 is 4.90 Å². The SMILES string of the molecule is Cc1cc(N(C)C)cc([C@H]2CN(Cc3cscn3)CCO2)n1. The lowest BCUT2D eigenvalue weighted by molar-refractivity contribution is -0.0353. The van der Waals surface area contributed by atoms with Crippen LogP contribution in [0.4, 0.5) is 5.69 Å². The first kappa shape index (κ1) is 15.4. The summed E-state index contributed by atoms with van der Waals surface area (Å²) in [7, 11) is 4.10. The zero-order valence-electron chi connectivity index (χ0n) is 13.3. The number of pyridine rings is 1. The van der Waals surface area contributed by atoms with Crippen LogP contribution in [0.3, 0.4) is 0 Å². The summed E-state index contributed by atoms with van der Waals surface area (Å²) in [5, 5.41) is 2.11. The predicted molar refractivity (Wildman–Crippen MR) is 89.4 cm³/mol. The van der Waals surface area contributed by atoms with Crippen LogP contribution in [0, 0.1) is 6.92 Å². The molecule has 1 aliphatic heterocycles. The van der Waals surface area contributed by atoms with E-state index in [-0.39, 0.29) is 6.10 Å². The molecule has 5 nitrogen and oxygen atoms in total. The van der Waals surface area contributed by atoms with E-state index in [1.165, 1.54) is 5.69 Å². The number of hydrogen-bond acceptors (Lipinski definition) is 6. The van der Waals surface area contributed by atoms with Gasteiger partial charge in [0.2, 0.25) is 0 Å². The number of ether oxygens (including phenoxy) is 1. The molecule has 0 saturated carbocycles. The van der Waals surface area contributed by atoms with E-state index in [0.29, 0.717) is 0 Å². The Morgan fingerprint density at radius 1 is 1.41 bits per heavy atom. The van der Waals surface area contributed by atoms with Gasteiger partial charge in [-0.15, -0.1) is 11.3 Å². The lowest BCUT2D eigenvalue weighted by Gasteiger charge is -2.32. The minimum Gasteiger partial charge on any atom is -0.378 e. The summed E-state index contributed by atoms with van der Waals surface area (Å²) in [4.78, 5) is 13.5. The second kappa shape index (κ2) is 6.73. The number of nitrogens with zero attached hydrogens (tertiary/aromatic N) is 4. The fourth-order valence-electron chi connectivity index (χ4n) is 2.67. The molecular weight excluding hydrogens is 296 g/mol. The largest absolute Gasteiger partial charge is 0.378 e. The Kier molecular flexibility index (Phi) is 4.71. The zero-order valence-corrected chi connectivity index (χ0v) is 14.1. The van der Waals surface area contributed by atoms with Gasteiger partial charge in [-0.05, 0) is 19.1 Å². The molecule has 2 aromatic rings. The molecule has 0 bridgehead atoms. The minimum absolute atomic E-state index is 0.0333. The molecule has 0 N–H and O–H groups in total. The van der Waals surface area contributed by atoms with E-state index in [0.717, 1.165) is 43.3 Å². The molecule has 0 spiro atoms. The molecule has 3 rings (SSSR count). The van der Waals surface area contributed by atoms with Gasteiger partial charge in [0, 0.05) is 50.5 Å². The molecule has 6 heteroatoms. The minimum atomic E-state index is 0.0333. The Balaban J connectivity index is 1.74. The highest BCUT2D eigenvalue weighted by Crippen LogP contribution is 2.25. The number of aryl methyl sites for hydroxylation is 1. The molecule has 0 amide bonds. The van der Waals surface area contributed by atoms with Crippen molar-refractivity contribution >= 4 is 17.0 Å². The van der Waals surface area contributed by atoms with Crippen LogP contribution in [0.1, 0.15) is 23.2 Å². The number of hydrogen-bond donors (Lipinski definition) is 0. The van der Waals surface area contributed by atoms with Gasteiger partial charge < -0.3 is 9.64 Å². The van der Waals surface area contributed by atoms with Crippen LogP contribution in [-0.4, -0.2) is 48.7 Å². The van der Waals surface area contributed by atoms with Crippen molar-refractivity contribution in [2.75, 3.05) is 38.7 Å². The van der Waals surface area contributed by atoms with E-state index in [1.54, 1.807) is 11.3 Å². The van der Waals surface area contributed by atoms with E-state index in [2.05, 4.69) is 51.4 Å². The number of thiazole rings is 1. The van der Waals surface area contributed by atoms with Crippen LogP contribution >= 0.6 is 11.3 Å². The maximum atomic E-state index is 5.96. The summed E-state index contributed by atoms with van der Waals surface area (Å²) >= 11 is 1.65. The second-order valence-corrected chi connectivity index (χ2v) is 6.58. The molecule has 0 radical (unpaired) electrons. The molecule has 0 unspecified atom stereocenters. The summed E-state index contributed by atoms with van der Waals surface area (Å²) in [6.45, 7) is 5.46. The van der Waals surface area contributed by atoms with Crippen molar-refractivity contribution in [2.45, 2.75) is 19.6 Å². The first-order valence-corrected chi connectivity index (χ1v) is 8.43. The molecule has 1 fully saturated rings. The van der Waals surface area contributed by atoms with Gasteiger partial charge >= 0.3 is 0 Å². The summed E-state index contributed by atoms with van der Waals surface area (Å²) in [5.74, 6) is 0. The van der Waals surface area contributed by atoms with Gasteiger partial charge in [-0.2, -0.15) is 0 Å². The average Bonchev–Trinajstić information content (AvgIpc) is 3.00. The fraction of sp³-hybridized carbons (Fsp3) is 0.500. The average molecular weight is 318 g/mol. The standard InChI is InChI=1S/C16H22N4OS/c1-12-6-14(19(2)3)7-15(18-12)16-9-20(4-5-21-16)8-13-10-22-11-17-13/h6-7,10-11,16H,4-5,8-9H2,1-3H3/t16-/m1/s1. The molecule has 2 aromatic heterocycles. The van der Waals surface area contributed by atoms with Crippen molar-refractivity contribution in [2.24, 2.45) is 0 Å². The fourth-order valence-corrected chi connectivity index (χ4v) is 3.22. The molecule has 0 aromatic carbocycles. The summed E-state index contributed by atoms with van der Waals surface area (Å²) in [6.07, 6.45) is 0.0333. The predicted octanol–water partition coefficient (Wildman–Crippen LogP) is 2.49. The Labute approximate surface area is 135 Å². The quantitative estimate of drug-likeness (QED) is 0.866. The van der Waals surface area contributed by atoms with Crippen molar-refractivity contribution in [1.29, 1.82) is 0 Å². The highest BCUT2D eigenvalue weighted by atomic mass is 32.1. The molecular formula is C16H22N4OS. The second-order valence-electron chi connectivity index (χ2n) is 5.86. The van der Waals surface area contributed by atoms with Gasteiger partial charge in [0.15, 0.2) is 0 Å². The monoisotopic (exact) mass is 318 g/mol. The summed E-state index contributed by atoms with van der Waals surface area (Å²) in [6, 6.07) is 4.23. The normalized spacial score (nSPS) is 19.3. The molecule has 1 atom stereocenters. The number of rotatable bonds is 4. The maximum absolute atomic E-state index is 5.96. The molecule has 0 aliphatic carbocycles. The third-order valence-corrected chi connectivity index (χ3v) is 4.46. The van der Waals surface area contributed by atoms with Crippen LogP contribution in [0.5, 0.6) is 0 Å². The van der Waals surface area contributed by atoms with Crippen LogP contribution in [0.15, 0.2) is 23.0 Å². The van der Waals surface area contributed by atoms with Crippen molar-refractivity contribution in [3.05, 3.63) is 40.1 Å². The number of aromatic nitrogens is 2. The topological polar surface area (TPSA) is 41.5 Å². The van der Waals surface area contributed by atoms with Crippen molar-refractivity contribution < 1.29 is 4.74 Å². The van der Waals surface area contributed by atoms with Gasteiger partial charge in [0.25, 0.3) is 0 Å². The van der Waals surface area contributed by atoms with Crippen molar-refractivity contribution in [3.8, 4) is 0 Å². The van der Waals surface area contributed by atoms with Crippen molar-refractivity contribution in [3.63, 3.8) is 0 Å². The van der Waals surface area contributed by atoms with E-state index in [4.69, 9.17) is 4.74 Å². The number of morpholine rings is 1.